The number of carbonyl (C=O) groups is 1. The summed E-state index contributed by atoms with van der Waals surface area (Å²) in [6, 6.07) is 13.2. The predicted octanol–water partition coefficient (Wildman–Crippen LogP) is 3.96. The number of methoxy groups -OCH3 is 2. The molecule has 2 N–H and O–H groups in total. The second kappa shape index (κ2) is 8.71. The average molecular weight is 398 g/mol. The third kappa shape index (κ3) is 4.40. The SMILES string of the molecule is COc1ccc(NC(=O)CCn2c(-c3cccc(C)c3)n[nH]c2=S)cc1OC. The molecule has 0 aliphatic heterocycles. The number of aryl methyl sites for hydroxylation is 1. The van der Waals surface area contributed by atoms with E-state index in [2.05, 4.69) is 15.5 Å². The minimum absolute atomic E-state index is 0.134. The smallest absolute Gasteiger partial charge is 0.226 e. The van der Waals surface area contributed by atoms with Crippen molar-refractivity contribution in [2.75, 3.05) is 19.5 Å². The quantitative estimate of drug-likeness (QED) is 0.589. The number of nitrogens with zero attached hydrogens (tertiary/aromatic N) is 2. The summed E-state index contributed by atoms with van der Waals surface area (Å²) in [5.41, 5.74) is 2.72. The number of benzene rings is 2. The van der Waals surface area contributed by atoms with Crippen molar-refractivity contribution in [3.05, 3.63) is 52.8 Å². The summed E-state index contributed by atoms with van der Waals surface area (Å²) in [7, 11) is 3.12. The fourth-order valence-corrected chi connectivity index (χ4v) is 3.10. The van der Waals surface area contributed by atoms with Crippen LogP contribution in [0.15, 0.2) is 42.5 Å². The summed E-state index contributed by atoms with van der Waals surface area (Å²) in [5.74, 6) is 1.74. The highest BCUT2D eigenvalue weighted by atomic mass is 32.1. The van der Waals surface area contributed by atoms with Crippen LogP contribution in [0.4, 0.5) is 5.69 Å². The number of amides is 1. The van der Waals surface area contributed by atoms with Crippen LogP contribution in [-0.4, -0.2) is 34.9 Å². The Bertz CT molecular complexity index is 1040. The van der Waals surface area contributed by atoms with Gasteiger partial charge < -0.3 is 14.8 Å². The molecule has 0 aliphatic carbocycles. The third-order valence-corrected chi connectivity index (χ3v) is 4.58. The van der Waals surface area contributed by atoms with Gasteiger partial charge in [-0.2, -0.15) is 5.10 Å². The zero-order valence-corrected chi connectivity index (χ0v) is 16.8. The monoisotopic (exact) mass is 398 g/mol. The molecule has 3 aromatic rings. The first-order chi connectivity index (χ1) is 13.5. The maximum atomic E-state index is 12.4. The molecule has 28 heavy (non-hydrogen) atoms. The van der Waals surface area contributed by atoms with E-state index in [1.165, 1.54) is 0 Å². The Kier molecular flexibility index (Phi) is 6.10. The van der Waals surface area contributed by atoms with Crippen molar-refractivity contribution in [1.82, 2.24) is 14.8 Å². The zero-order chi connectivity index (χ0) is 20.1. The van der Waals surface area contributed by atoms with Gasteiger partial charge in [-0.15, -0.1) is 0 Å². The van der Waals surface area contributed by atoms with Gasteiger partial charge in [-0.1, -0.05) is 23.8 Å². The summed E-state index contributed by atoms with van der Waals surface area (Å²) >= 11 is 5.33. The maximum Gasteiger partial charge on any atom is 0.226 e. The molecular formula is C20H22N4O3S. The van der Waals surface area contributed by atoms with E-state index in [-0.39, 0.29) is 12.3 Å². The number of carbonyl (C=O) groups excluding carboxylic acids is 1. The number of rotatable bonds is 7. The molecule has 0 saturated carbocycles. The molecular weight excluding hydrogens is 376 g/mol. The van der Waals surface area contributed by atoms with Gasteiger partial charge in [-0.25, -0.2) is 0 Å². The van der Waals surface area contributed by atoms with Crippen LogP contribution in [0.3, 0.4) is 0 Å². The molecule has 0 bridgehead atoms. The number of H-pyrrole nitrogens is 1. The van der Waals surface area contributed by atoms with Gasteiger partial charge in [0, 0.05) is 30.3 Å². The molecule has 2 aromatic carbocycles. The normalized spacial score (nSPS) is 10.5. The lowest BCUT2D eigenvalue weighted by Crippen LogP contribution is -2.15. The van der Waals surface area contributed by atoms with Crippen LogP contribution in [0, 0.1) is 11.7 Å². The minimum atomic E-state index is -0.134. The van der Waals surface area contributed by atoms with Gasteiger partial charge in [0.05, 0.1) is 14.2 Å². The Morgan fingerprint density at radius 1 is 1.18 bits per heavy atom. The maximum absolute atomic E-state index is 12.4. The molecule has 1 amide bonds. The minimum Gasteiger partial charge on any atom is -0.493 e. The Hall–Kier alpha value is -3.13. The molecule has 0 radical (unpaired) electrons. The van der Waals surface area contributed by atoms with Gasteiger partial charge in [0.1, 0.15) is 0 Å². The lowest BCUT2D eigenvalue weighted by Gasteiger charge is -2.11. The van der Waals surface area contributed by atoms with E-state index in [9.17, 15) is 4.79 Å². The summed E-state index contributed by atoms with van der Waals surface area (Å²) in [6.45, 7) is 2.43. The first-order valence-corrected chi connectivity index (χ1v) is 9.16. The number of hydrogen-bond acceptors (Lipinski definition) is 5. The van der Waals surface area contributed by atoms with Crippen LogP contribution in [0.1, 0.15) is 12.0 Å². The van der Waals surface area contributed by atoms with E-state index in [0.29, 0.717) is 34.3 Å². The molecule has 0 aliphatic rings. The largest absolute Gasteiger partial charge is 0.493 e. The van der Waals surface area contributed by atoms with E-state index >= 15 is 0 Å². The molecule has 3 rings (SSSR count). The number of ether oxygens (including phenoxy) is 2. The van der Waals surface area contributed by atoms with Crippen LogP contribution in [-0.2, 0) is 11.3 Å². The standard InChI is InChI=1S/C20H22N4O3S/c1-13-5-4-6-14(11-13)19-22-23-20(28)24(19)10-9-18(25)21-15-7-8-16(26-2)17(12-15)27-3/h4-8,11-12H,9-10H2,1-3H3,(H,21,25)(H,23,28). The number of nitrogens with one attached hydrogen (secondary N) is 2. The number of hydrogen-bond donors (Lipinski definition) is 2. The Morgan fingerprint density at radius 2 is 1.96 bits per heavy atom. The lowest BCUT2D eigenvalue weighted by atomic mass is 10.1. The highest BCUT2D eigenvalue weighted by molar-refractivity contribution is 7.71. The van der Waals surface area contributed by atoms with Crippen molar-refractivity contribution in [1.29, 1.82) is 0 Å². The van der Waals surface area contributed by atoms with Gasteiger partial charge >= 0.3 is 0 Å². The molecule has 0 spiro atoms. The second-order valence-corrected chi connectivity index (χ2v) is 6.63. The van der Waals surface area contributed by atoms with Crippen molar-refractivity contribution in [2.24, 2.45) is 0 Å². The summed E-state index contributed by atoms with van der Waals surface area (Å²) < 4.78 is 12.8. The number of aromatic amines is 1. The molecule has 8 heteroatoms. The van der Waals surface area contributed by atoms with Crippen molar-refractivity contribution >= 4 is 23.8 Å². The van der Waals surface area contributed by atoms with E-state index in [1.807, 2.05) is 35.8 Å². The number of anilines is 1. The van der Waals surface area contributed by atoms with Gasteiger partial charge in [0.2, 0.25) is 5.91 Å². The van der Waals surface area contributed by atoms with Gasteiger partial charge in [-0.3, -0.25) is 14.5 Å². The molecule has 146 valence electrons. The molecule has 0 saturated heterocycles. The third-order valence-electron chi connectivity index (χ3n) is 4.26. The summed E-state index contributed by atoms with van der Waals surface area (Å²) in [5, 5.41) is 9.99. The predicted molar refractivity (Wildman–Crippen MR) is 110 cm³/mol. The van der Waals surface area contributed by atoms with E-state index in [0.717, 1.165) is 11.1 Å². The first-order valence-electron chi connectivity index (χ1n) is 8.76. The van der Waals surface area contributed by atoms with Crippen molar-refractivity contribution in [3.8, 4) is 22.9 Å². The fourth-order valence-electron chi connectivity index (χ4n) is 2.88. The topological polar surface area (TPSA) is 81.2 Å². The van der Waals surface area contributed by atoms with Crippen LogP contribution < -0.4 is 14.8 Å². The Balaban J connectivity index is 1.70. The highest BCUT2D eigenvalue weighted by Crippen LogP contribution is 2.29. The molecule has 7 nitrogen and oxygen atoms in total. The van der Waals surface area contributed by atoms with Crippen molar-refractivity contribution < 1.29 is 14.3 Å². The van der Waals surface area contributed by atoms with Gasteiger partial charge in [0.25, 0.3) is 0 Å². The van der Waals surface area contributed by atoms with Crippen LogP contribution in [0.25, 0.3) is 11.4 Å². The van der Waals surface area contributed by atoms with E-state index in [1.54, 1.807) is 32.4 Å². The first kappa shape index (κ1) is 19.6. The summed E-state index contributed by atoms with van der Waals surface area (Å²) in [4.78, 5) is 12.4. The van der Waals surface area contributed by atoms with E-state index < -0.39 is 0 Å². The van der Waals surface area contributed by atoms with Crippen LogP contribution in [0.5, 0.6) is 11.5 Å². The highest BCUT2D eigenvalue weighted by Gasteiger charge is 2.12. The molecule has 0 atom stereocenters. The van der Waals surface area contributed by atoms with Crippen molar-refractivity contribution in [3.63, 3.8) is 0 Å². The van der Waals surface area contributed by atoms with Gasteiger partial charge in [-0.05, 0) is 37.3 Å². The molecule has 1 aromatic heterocycles. The average Bonchev–Trinajstić information content (AvgIpc) is 3.06. The second-order valence-electron chi connectivity index (χ2n) is 6.24. The van der Waals surface area contributed by atoms with Gasteiger partial charge in [0.15, 0.2) is 22.1 Å². The van der Waals surface area contributed by atoms with Crippen LogP contribution >= 0.6 is 12.2 Å². The number of aromatic nitrogens is 3. The molecule has 0 fully saturated rings. The summed E-state index contributed by atoms with van der Waals surface area (Å²) in [6.07, 6.45) is 0.251. The Morgan fingerprint density at radius 3 is 2.68 bits per heavy atom. The Labute approximate surface area is 168 Å². The molecule has 0 unspecified atom stereocenters. The van der Waals surface area contributed by atoms with Crippen molar-refractivity contribution in [2.45, 2.75) is 19.9 Å². The zero-order valence-electron chi connectivity index (χ0n) is 16.0. The molecule has 1 heterocycles. The lowest BCUT2D eigenvalue weighted by molar-refractivity contribution is -0.116. The fraction of sp³-hybridized carbons (Fsp3) is 0.250. The van der Waals surface area contributed by atoms with E-state index in [4.69, 9.17) is 21.7 Å². The van der Waals surface area contributed by atoms with Crippen LogP contribution in [0.2, 0.25) is 0 Å².